The zero-order valence-corrected chi connectivity index (χ0v) is 25.2. The van der Waals surface area contributed by atoms with E-state index in [1.165, 1.54) is 0 Å². The molecule has 0 radical (unpaired) electrons. The summed E-state index contributed by atoms with van der Waals surface area (Å²) in [7, 11) is 0. The summed E-state index contributed by atoms with van der Waals surface area (Å²) in [5, 5.41) is 33.3. The Bertz CT molecular complexity index is 1510. The number of esters is 3. The Morgan fingerprint density at radius 3 is 1.45 bits per heavy atom. The van der Waals surface area contributed by atoms with Crippen LogP contribution in [0.1, 0.15) is 16.6 Å². The van der Waals surface area contributed by atoms with Gasteiger partial charge in [-0.3, -0.25) is 19.2 Å². The first kappa shape index (κ1) is 34.8. The van der Waals surface area contributed by atoms with Crippen LogP contribution in [-0.4, -0.2) is 108 Å². The fourth-order valence-corrected chi connectivity index (χ4v) is 2.90. The maximum atomic E-state index is 11.7. The van der Waals surface area contributed by atoms with Crippen LogP contribution in [0.2, 0.25) is 0 Å². The van der Waals surface area contributed by atoms with Crippen LogP contribution in [0.3, 0.4) is 0 Å². The van der Waals surface area contributed by atoms with Gasteiger partial charge in [0.25, 0.3) is 0 Å². The van der Waals surface area contributed by atoms with E-state index in [1.807, 2.05) is 60.7 Å². The Balaban J connectivity index is 0.000000814. The second-order valence-corrected chi connectivity index (χ2v) is 8.75. The number of hydrogen-bond acceptors (Lipinski definition) is 14. The number of benzene rings is 2. The van der Waals surface area contributed by atoms with Crippen molar-refractivity contribution in [1.82, 2.24) is 0 Å². The molecule has 2 aromatic carbocycles. The van der Waals surface area contributed by atoms with Crippen LogP contribution in [0.4, 0.5) is 0 Å². The lowest BCUT2D eigenvalue weighted by Gasteiger charge is -2.11. The molecule has 0 saturated carbocycles. The normalized spacial score (nSPS) is 13.6. The molecule has 2 atom stereocenters. The summed E-state index contributed by atoms with van der Waals surface area (Å²) in [5.74, 6) is -6.17. The summed E-state index contributed by atoms with van der Waals surface area (Å²) in [6.07, 6.45) is 0.746. The summed E-state index contributed by atoms with van der Waals surface area (Å²) in [6, 6.07) is 13.1. The average molecular weight is 665 g/mol. The SMILES string of the molecule is N[C@@H](Cc1ccccc1)C(=O)OCCO.[2H]/C(C(=O)CO)=C(/[2H])C(=O)OCCOC(=O)[C@@H](N)Cc1ccccc1.[2H]/C(C(=O)O)=C(/[2H])C(=O)CO. The van der Waals surface area contributed by atoms with Crippen LogP contribution in [0.15, 0.2) is 84.9 Å². The van der Waals surface area contributed by atoms with Crippen LogP contribution in [0.25, 0.3) is 0 Å². The molecule has 15 nitrogen and oxygen atoms in total. The maximum absolute atomic E-state index is 11.7. The summed E-state index contributed by atoms with van der Waals surface area (Å²) < 4.78 is 42.0. The highest BCUT2D eigenvalue weighted by atomic mass is 16.6. The van der Waals surface area contributed by atoms with Gasteiger partial charge < -0.3 is 46.1 Å². The quantitative estimate of drug-likeness (QED) is 0.0515. The number of aliphatic carboxylic acids is 1. The van der Waals surface area contributed by atoms with Gasteiger partial charge in [0.1, 0.15) is 45.1 Å². The molecule has 0 aliphatic heterocycles. The number of aliphatic hydroxyl groups is 3. The molecule has 2 rings (SSSR count). The molecule has 0 heterocycles. The number of carboxylic acids is 1. The van der Waals surface area contributed by atoms with Gasteiger partial charge in [0.05, 0.1) is 12.1 Å². The molecule has 47 heavy (non-hydrogen) atoms. The van der Waals surface area contributed by atoms with E-state index in [0.29, 0.717) is 12.8 Å². The summed E-state index contributed by atoms with van der Waals surface area (Å²) in [4.78, 5) is 65.7. The van der Waals surface area contributed by atoms with Crippen molar-refractivity contribution in [1.29, 1.82) is 0 Å². The van der Waals surface area contributed by atoms with Crippen LogP contribution < -0.4 is 11.5 Å². The number of aliphatic hydroxyl groups excluding tert-OH is 3. The van der Waals surface area contributed by atoms with Crippen molar-refractivity contribution in [2.24, 2.45) is 11.5 Å². The molecule has 256 valence electrons. The standard InChI is InChI=1S/C16H19NO6.C11H15NO3.C5H6O4/c17-14(10-12-4-2-1-3-5-12)16(21)23-9-8-22-15(20)7-6-13(19)11-18;12-10(11(14)15-7-6-13)8-9-4-2-1-3-5-9;6-3-4(7)1-2-5(8)9/h1-7,14,18H,8-11,17H2;1-5,10,13H,6-8,12H2;1-2,6H,3H2,(H,8,9)/b7-6+;;2-1+/t14-;10-;/m00./s1/i6D,7D;;1D,2D. The number of nitrogens with two attached hydrogens (primary N) is 2. The molecule has 0 fully saturated rings. The summed E-state index contributed by atoms with van der Waals surface area (Å²) in [5.41, 5.74) is 13.2. The number of rotatable bonds is 17. The Kier molecular flexibility index (Phi) is 19.4. The largest absolute Gasteiger partial charge is 0.478 e. The molecule has 0 spiro atoms. The number of ketones is 2. The molecule has 0 bridgehead atoms. The number of ether oxygens (including phenoxy) is 3. The molecule has 0 amide bonds. The third-order valence-corrected chi connectivity index (χ3v) is 5.00. The van der Waals surface area contributed by atoms with Crippen molar-refractivity contribution < 1.29 is 68.9 Å². The average Bonchev–Trinajstić information content (AvgIpc) is 3.14. The highest BCUT2D eigenvalue weighted by Crippen LogP contribution is 2.04. The molecular weight excluding hydrogens is 620 g/mol. The third-order valence-electron chi connectivity index (χ3n) is 5.00. The van der Waals surface area contributed by atoms with Crippen molar-refractivity contribution in [3.8, 4) is 0 Å². The predicted molar refractivity (Wildman–Crippen MR) is 166 cm³/mol. The molecule has 0 aliphatic rings. The van der Waals surface area contributed by atoms with E-state index in [0.717, 1.165) is 11.1 Å². The molecule has 8 N–H and O–H groups in total. The van der Waals surface area contributed by atoms with Gasteiger partial charge in [-0.25, -0.2) is 9.59 Å². The van der Waals surface area contributed by atoms with Gasteiger partial charge in [-0.15, -0.1) is 0 Å². The topological polar surface area (TPSA) is 263 Å². The van der Waals surface area contributed by atoms with Crippen LogP contribution in [0, 0.1) is 0 Å². The minimum absolute atomic E-state index is 0.00131. The highest BCUT2D eigenvalue weighted by Gasteiger charge is 2.16. The van der Waals surface area contributed by atoms with Crippen molar-refractivity contribution in [2.45, 2.75) is 24.9 Å². The molecule has 0 unspecified atom stereocenters. The van der Waals surface area contributed by atoms with Gasteiger partial charge in [-0.05, 0) is 36.1 Å². The number of carbonyl (C=O) groups excluding carboxylic acids is 5. The lowest BCUT2D eigenvalue weighted by atomic mass is 10.1. The Hall–Kier alpha value is -5.06. The highest BCUT2D eigenvalue weighted by molar-refractivity contribution is 5.96. The number of carbonyl (C=O) groups is 6. The van der Waals surface area contributed by atoms with Gasteiger partial charge >= 0.3 is 23.9 Å². The van der Waals surface area contributed by atoms with Crippen molar-refractivity contribution >= 4 is 35.4 Å². The fraction of sp³-hybridized carbons (Fsp3) is 0.312. The zero-order chi connectivity index (χ0) is 38.9. The molecule has 0 aliphatic carbocycles. The lowest BCUT2D eigenvalue weighted by molar-refractivity contribution is -0.150. The summed E-state index contributed by atoms with van der Waals surface area (Å²) in [6.45, 7) is -2.74. The third kappa shape index (κ3) is 23.0. The van der Waals surface area contributed by atoms with Gasteiger partial charge in [0, 0.05) is 12.1 Å². The van der Waals surface area contributed by atoms with Gasteiger partial charge in [0.15, 0.2) is 11.6 Å². The van der Waals surface area contributed by atoms with Crippen LogP contribution in [-0.2, 0) is 55.8 Å². The zero-order valence-electron chi connectivity index (χ0n) is 29.2. The summed E-state index contributed by atoms with van der Waals surface area (Å²) >= 11 is 0. The van der Waals surface area contributed by atoms with E-state index in [-0.39, 0.29) is 26.4 Å². The Morgan fingerprint density at radius 2 is 1.04 bits per heavy atom. The Morgan fingerprint density at radius 1 is 0.638 bits per heavy atom. The van der Waals surface area contributed by atoms with E-state index >= 15 is 0 Å². The van der Waals surface area contributed by atoms with E-state index < -0.39 is 84.9 Å². The van der Waals surface area contributed by atoms with Crippen molar-refractivity contribution in [3.05, 3.63) is 96.0 Å². The first-order chi connectivity index (χ1) is 24.1. The van der Waals surface area contributed by atoms with Gasteiger partial charge in [0.2, 0.25) is 0 Å². The van der Waals surface area contributed by atoms with E-state index in [9.17, 15) is 28.8 Å². The van der Waals surface area contributed by atoms with Gasteiger partial charge in [-0.1, -0.05) is 60.7 Å². The lowest BCUT2D eigenvalue weighted by Crippen LogP contribution is -2.35. The minimum Gasteiger partial charge on any atom is -0.478 e. The second kappa shape index (κ2) is 26.2. The number of hydrogen-bond donors (Lipinski definition) is 6. The van der Waals surface area contributed by atoms with Gasteiger partial charge in [-0.2, -0.15) is 0 Å². The Labute approximate surface area is 276 Å². The number of carboxylic acid groups (broad SMARTS) is 1. The molecule has 0 saturated heterocycles. The molecular formula is C32H40N2O13. The first-order valence-electron chi connectivity index (χ1n) is 15.7. The van der Waals surface area contributed by atoms with E-state index in [2.05, 4.69) is 4.74 Å². The van der Waals surface area contributed by atoms with Crippen LogP contribution >= 0.6 is 0 Å². The van der Waals surface area contributed by atoms with Crippen molar-refractivity contribution in [3.63, 3.8) is 0 Å². The molecule has 0 aromatic heterocycles. The fourth-order valence-electron chi connectivity index (χ4n) is 2.90. The predicted octanol–water partition coefficient (Wildman–Crippen LogP) is -0.959. The smallest absolute Gasteiger partial charge is 0.330 e. The maximum Gasteiger partial charge on any atom is 0.330 e. The van der Waals surface area contributed by atoms with Crippen LogP contribution in [0.5, 0.6) is 0 Å². The van der Waals surface area contributed by atoms with Crippen molar-refractivity contribution in [2.75, 3.05) is 39.6 Å². The second-order valence-electron chi connectivity index (χ2n) is 8.75. The minimum atomic E-state index is -1.66. The monoisotopic (exact) mass is 664 g/mol. The first-order valence-corrected chi connectivity index (χ1v) is 13.7. The molecule has 2 aromatic rings. The molecule has 15 heteroatoms. The van der Waals surface area contributed by atoms with E-state index in [4.69, 9.17) is 46.9 Å². The van der Waals surface area contributed by atoms with E-state index in [1.54, 1.807) is 0 Å².